The minimum Gasteiger partial charge on any atom is -0.394 e. The van der Waals surface area contributed by atoms with Gasteiger partial charge in [0.1, 0.15) is 0 Å². The molecule has 3 N–H and O–H groups in total. The SMILES string of the molecule is CCCCCCC/C=C\C/C=C\CCCCCCCCCCCC(=O)NC(CO)C(O)/C=C/CC/C=C/CCCCCCCCCCCCCCCCCCC. The van der Waals surface area contributed by atoms with Crippen LogP contribution in [0.15, 0.2) is 48.6 Å². The Morgan fingerprint density at radius 2 is 0.750 bits per heavy atom. The summed E-state index contributed by atoms with van der Waals surface area (Å²) >= 11 is 0. The molecule has 4 nitrogen and oxygen atoms in total. The minimum absolute atomic E-state index is 0.0772. The van der Waals surface area contributed by atoms with E-state index in [1.54, 1.807) is 6.08 Å². The van der Waals surface area contributed by atoms with Gasteiger partial charge in [-0.1, -0.05) is 236 Å². The second-order valence-corrected chi connectivity index (χ2v) is 16.9. The zero-order chi connectivity index (χ0) is 40.7. The van der Waals surface area contributed by atoms with Crippen molar-refractivity contribution in [3.8, 4) is 0 Å². The average Bonchev–Trinajstić information content (AvgIpc) is 3.20. The average molecular weight is 784 g/mol. The molecule has 2 unspecified atom stereocenters. The van der Waals surface area contributed by atoms with Crippen LogP contribution in [0, 0.1) is 0 Å². The molecular formula is C52H97NO3. The summed E-state index contributed by atoms with van der Waals surface area (Å²) in [5.74, 6) is -0.0772. The molecule has 0 aliphatic heterocycles. The highest BCUT2D eigenvalue weighted by Crippen LogP contribution is 2.15. The van der Waals surface area contributed by atoms with Gasteiger partial charge in [-0.25, -0.2) is 0 Å². The number of carbonyl (C=O) groups excluding carboxylic acids is 1. The lowest BCUT2D eigenvalue weighted by Crippen LogP contribution is -2.45. The molecule has 0 aromatic rings. The predicted molar refractivity (Wildman–Crippen MR) is 248 cm³/mol. The van der Waals surface area contributed by atoms with E-state index in [0.717, 1.165) is 38.5 Å². The molecule has 0 saturated heterocycles. The molecule has 0 rings (SSSR count). The third kappa shape index (κ3) is 43.5. The highest BCUT2D eigenvalue weighted by Gasteiger charge is 2.17. The van der Waals surface area contributed by atoms with E-state index in [1.165, 1.54) is 199 Å². The van der Waals surface area contributed by atoms with Crippen LogP contribution in [0.4, 0.5) is 0 Å². The summed E-state index contributed by atoms with van der Waals surface area (Å²) in [5.41, 5.74) is 0. The van der Waals surface area contributed by atoms with Gasteiger partial charge in [0.2, 0.25) is 5.91 Å². The van der Waals surface area contributed by atoms with Crippen LogP contribution in [0.3, 0.4) is 0 Å². The molecule has 1 amide bonds. The third-order valence-electron chi connectivity index (χ3n) is 11.3. The van der Waals surface area contributed by atoms with Crippen molar-refractivity contribution >= 4 is 5.91 Å². The fourth-order valence-corrected chi connectivity index (χ4v) is 7.46. The van der Waals surface area contributed by atoms with E-state index in [4.69, 9.17) is 0 Å². The molecule has 0 aromatic carbocycles. The first kappa shape index (κ1) is 54.3. The van der Waals surface area contributed by atoms with Gasteiger partial charge in [-0.2, -0.15) is 0 Å². The lowest BCUT2D eigenvalue weighted by atomic mass is 10.0. The number of hydrogen-bond acceptors (Lipinski definition) is 3. The number of unbranched alkanes of at least 4 members (excludes halogenated alkanes) is 32. The van der Waals surface area contributed by atoms with Gasteiger partial charge in [-0.05, 0) is 64.2 Å². The van der Waals surface area contributed by atoms with E-state index < -0.39 is 12.1 Å². The van der Waals surface area contributed by atoms with Crippen molar-refractivity contribution < 1.29 is 15.0 Å². The van der Waals surface area contributed by atoms with E-state index in [1.807, 2.05) is 6.08 Å². The number of aliphatic hydroxyl groups is 2. The van der Waals surface area contributed by atoms with E-state index >= 15 is 0 Å². The molecule has 0 aliphatic carbocycles. The van der Waals surface area contributed by atoms with Crippen molar-refractivity contribution in [1.29, 1.82) is 0 Å². The summed E-state index contributed by atoms with van der Waals surface area (Å²) in [5, 5.41) is 23.1. The fourth-order valence-electron chi connectivity index (χ4n) is 7.46. The number of amides is 1. The van der Waals surface area contributed by atoms with Crippen LogP contribution >= 0.6 is 0 Å². The minimum atomic E-state index is -0.865. The molecule has 0 spiro atoms. The Hall–Kier alpha value is -1.65. The quantitative estimate of drug-likeness (QED) is 0.0425. The van der Waals surface area contributed by atoms with E-state index in [0.29, 0.717) is 6.42 Å². The monoisotopic (exact) mass is 784 g/mol. The van der Waals surface area contributed by atoms with Crippen molar-refractivity contribution in [2.45, 2.75) is 270 Å². The van der Waals surface area contributed by atoms with Crippen LogP contribution in [0.1, 0.15) is 258 Å². The molecule has 328 valence electrons. The first-order valence-electron chi connectivity index (χ1n) is 24.9. The van der Waals surface area contributed by atoms with Gasteiger partial charge >= 0.3 is 0 Å². The standard InChI is InChI=1S/C52H97NO3/c1-3-5-7-9-11-13-15-17-19-21-23-25-26-28-29-31-33-35-37-39-41-43-45-47-51(55)50(49-54)53-52(56)48-46-44-42-40-38-36-34-32-30-27-24-22-20-18-16-14-12-10-8-6-4-2/h16,18,22,24,37,39,45,47,50-51,54-55H,3-15,17,19-21,23,25-36,38,40-44,46,48-49H2,1-2H3,(H,53,56)/b18-16-,24-22-,39-37+,47-45+. The summed E-state index contributed by atoms with van der Waals surface area (Å²) in [7, 11) is 0. The Balaban J connectivity index is 3.58. The number of rotatable bonds is 45. The summed E-state index contributed by atoms with van der Waals surface area (Å²) in [4.78, 5) is 12.4. The van der Waals surface area contributed by atoms with Gasteiger partial charge in [0.05, 0.1) is 18.8 Å². The number of aliphatic hydroxyl groups excluding tert-OH is 2. The molecule has 0 radical (unpaired) electrons. The highest BCUT2D eigenvalue weighted by atomic mass is 16.3. The van der Waals surface area contributed by atoms with E-state index in [2.05, 4.69) is 55.6 Å². The molecule has 0 fully saturated rings. The van der Waals surface area contributed by atoms with Crippen molar-refractivity contribution in [2.75, 3.05) is 6.61 Å². The molecular weight excluding hydrogens is 687 g/mol. The Bertz CT molecular complexity index is 893. The third-order valence-corrected chi connectivity index (χ3v) is 11.3. The first-order chi connectivity index (χ1) is 27.7. The summed E-state index contributed by atoms with van der Waals surface area (Å²) in [6, 6.07) is -0.642. The maximum absolute atomic E-state index is 12.4. The van der Waals surface area contributed by atoms with Gasteiger partial charge in [-0.3, -0.25) is 4.79 Å². The Labute approximate surface area is 350 Å². The molecule has 0 aromatic heterocycles. The van der Waals surface area contributed by atoms with Crippen molar-refractivity contribution in [3.63, 3.8) is 0 Å². The maximum Gasteiger partial charge on any atom is 0.220 e. The Morgan fingerprint density at radius 3 is 1.14 bits per heavy atom. The molecule has 2 atom stereocenters. The molecule has 0 bridgehead atoms. The highest BCUT2D eigenvalue weighted by molar-refractivity contribution is 5.76. The largest absolute Gasteiger partial charge is 0.394 e. The smallest absolute Gasteiger partial charge is 0.220 e. The number of nitrogens with one attached hydrogen (secondary N) is 1. The van der Waals surface area contributed by atoms with Crippen molar-refractivity contribution in [3.05, 3.63) is 48.6 Å². The lowest BCUT2D eigenvalue weighted by Gasteiger charge is -2.19. The number of hydrogen-bond donors (Lipinski definition) is 3. The second kappa shape index (κ2) is 47.7. The van der Waals surface area contributed by atoms with Crippen LogP contribution in [0.25, 0.3) is 0 Å². The van der Waals surface area contributed by atoms with Crippen LogP contribution in [0.2, 0.25) is 0 Å². The molecule has 0 aliphatic rings. The first-order valence-corrected chi connectivity index (χ1v) is 24.9. The van der Waals surface area contributed by atoms with Crippen LogP contribution in [0.5, 0.6) is 0 Å². The van der Waals surface area contributed by atoms with Gasteiger partial charge in [0, 0.05) is 6.42 Å². The van der Waals surface area contributed by atoms with Crippen LogP contribution in [-0.2, 0) is 4.79 Å². The Morgan fingerprint density at radius 1 is 0.429 bits per heavy atom. The summed E-state index contributed by atoms with van der Waals surface area (Å²) < 4.78 is 0. The number of allylic oxidation sites excluding steroid dienone is 7. The number of carbonyl (C=O) groups is 1. The topological polar surface area (TPSA) is 69.6 Å². The predicted octanol–water partition coefficient (Wildman–Crippen LogP) is 15.9. The van der Waals surface area contributed by atoms with Crippen molar-refractivity contribution in [1.82, 2.24) is 5.32 Å². The normalized spacial score (nSPS) is 13.3. The molecule has 0 heterocycles. The zero-order valence-corrected chi connectivity index (χ0v) is 37.7. The van der Waals surface area contributed by atoms with Gasteiger partial charge in [0.25, 0.3) is 0 Å². The molecule has 0 saturated carbocycles. The second-order valence-electron chi connectivity index (χ2n) is 16.9. The lowest BCUT2D eigenvalue weighted by molar-refractivity contribution is -0.123. The van der Waals surface area contributed by atoms with Crippen LogP contribution < -0.4 is 5.32 Å². The maximum atomic E-state index is 12.4. The Kier molecular flexibility index (Phi) is 46.3. The van der Waals surface area contributed by atoms with Gasteiger partial charge in [-0.15, -0.1) is 0 Å². The van der Waals surface area contributed by atoms with E-state index in [9.17, 15) is 15.0 Å². The fraction of sp³-hybridized carbons (Fsp3) is 0.827. The summed E-state index contributed by atoms with van der Waals surface area (Å²) in [6.07, 6.45) is 65.3. The molecule has 56 heavy (non-hydrogen) atoms. The van der Waals surface area contributed by atoms with Gasteiger partial charge < -0.3 is 15.5 Å². The van der Waals surface area contributed by atoms with Crippen LogP contribution in [-0.4, -0.2) is 34.9 Å². The van der Waals surface area contributed by atoms with Gasteiger partial charge in [0.15, 0.2) is 0 Å². The summed E-state index contributed by atoms with van der Waals surface area (Å²) in [6.45, 7) is 4.30. The van der Waals surface area contributed by atoms with Crippen molar-refractivity contribution in [2.24, 2.45) is 0 Å². The van der Waals surface area contributed by atoms with E-state index in [-0.39, 0.29) is 12.5 Å². The molecule has 4 heteroatoms. The zero-order valence-electron chi connectivity index (χ0n) is 37.7.